The van der Waals surface area contributed by atoms with Crippen LogP contribution in [0.4, 0.5) is 0 Å². The van der Waals surface area contributed by atoms with E-state index in [1.807, 2.05) is 6.08 Å². The minimum absolute atomic E-state index is 0.304. The number of hydrogen-bond donors (Lipinski definition) is 1. The van der Waals surface area contributed by atoms with Crippen molar-refractivity contribution in [2.75, 3.05) is 6.54 Å². The third-order valence-electron chi connectivity index (χ3n) is 3.48. The Labute approximate surface area is 93.4 Å². The Morgan fingerprint density at radius 1 is 1.33 bits per heavy atom. The molecule has 0 saturated heterocycles. The molecule has 0 spiro atoms. The molecule has 2 heteroatoms. The number of nitrogens with zero attached hydrogens (tertiary/aromatic N) is 1. The average Bonchev–Trinajstić information content (AvgIpc) is 2.35. The molecule has 0 amide bonds. The summed E-state index contributed by atoms with van der Waals surface area (Å²) >= 11 is 0. The Balaban J connectivity index is 2.66. The first-order valence-corrected chi connectivity index (χ1v) is 5.81. The van der Waals surface area contributed by atoms with E-state index in [9.17, 15) is 5.26 Å². The second-order valence-electron chi connectivity index (χ2n) is 5.38. The zero-order valence-corrected chi connectivity index (χ0v) is 9.97. The number of nitrogens with one attached hydrogen (secondary N) is 1. The van der Waals surface area contributed by atoms with Gasteiger partial charge in [-0.15, -0.1) is 6.58 Å². The Morgan fingerprint density at radius 2 is 2.07 bits per heavy atom. The van der Waals surface area contributed by atoms with Gasteiger partial charge in [0.15, 0.2) is 0 Å². The van der Waals surface area contributed by atoms with E-state index in [1.165, 1.54) is 6.42 Å². The van der Waals surface area contributed by atoms with Crippen molar-refractivity contribution in [3.63, 3.8) is 0 Å². The van der Waals surface area contributed by atoms with Crippen LogP contribution in [0.3, 0.4) is 0 Å². The van der Waals surface area contributed by atoms with Gasteiger partial charge in [0.1, 0.15) is 5.54 Å². The molecule has 0 bridgehead atoms. The van der Waals surface area contributed by atoms with Crippen LogP contribution in [0.25, 0.3) is 0 Å². The van der Waals surface area contributed by atoms with Gasteiger partial charge in [-0.25, -0.2) is 0 Å². The fourth-order valence-electron chi connectivity index (χ4n) is 2.27. The molecular formula is C13H22N2. The highest BCUT2D eigenvalue weighted by atomic mass is 15.0. The standard InChI is InChI=1S/C13H22N2/c1-4-10-15-13(11-14)7-5-6-12(2,3)8-9-13/h4,15H,1,5-10H2,2-3H3. The molecule has 1 aliphatic rings. The zero-order chi connectivity index (χ0) is 11.4. The normalized spacial score (nSPS) is 30.2. The topological polar surface area (TPSA) is 35.8 Å². The molecule has 1 saturated carbocycles. The maximum absolute atomic E-state index is 9.32. The molecule has 1 fully saturated rings. The van der Waals surface area contributed by atoms with Crippen molar-refractivity contribution in [2.45, 2.75) is 51.5 Å². The van der Waals surface area contributed by atoms with E-state index < -0.39 is 0 Å². The minimum atomic E-state index is -0.304. The molecule has 0 heterocycles. The van der Waals surface area contributed by atoms with Crippen LogP contribution in [0.2, 0.25) is 0 Å². The summed E-state index contributed by atoms with van der Waals surface area (Å²) < 4.78 is 0. The number of nitriles is 1. The molecule has 0 aromatic carbocycles. The van der Waals surface area contributed by atoms with Crippen molar-refractivity contribution in [1.82, 2.24) is 5.32 Å². The summed E-state index contributed by atoms with van der Waals surface area (Å²) in [6.07, 6.45) is 7.27. The van der Waals surface area contributed by atoms with Gasteiger partial charge in [0.05, 0.1) is 6.07 Å². The van der Waals surface area contributed by atoms with E-state index in [-0.39, 0.29) is 5.54 Å². The predicted octanol–water partition coefficient (Wildman–Crippen LogP) is 3.01. The lowest BCUT2D eigenvalue weighted by Crippen LogP contribution is -2.43. The molecule has 1 unspecified atom stereocenters. The van der Waals surface area contributed by atoms with Crippen molar-refractivity contribution in [3.05, 3.63) is 12.7 Å². The van der Waals surface area contributed by atoms with E-state index in [1.54, 1.807) is 0 Å². The van der Waals surface area contributed by atoms with Gasteiger partial charge in [-0.1, -0.05) is 26.3 Å². The van der Waals surface area contributed by atoms with E-state index in [4.69, 9.17) is 0 Å². The second kappa shape index (κ2) is 4.81. The Morgan fingerprint density at radius 3 is 2.67 bits per heavy atom. The smallest absolute Gasteiger partial charge is 0.107 e. The highest BCUT2D eigenvalue weighted by molar-refractivity contribution is 5.09. The highest BCUT2D eigenvalue weighted by Crippen LogP contribution is 2.37. The summed E-state index contributed by atoms with van der Waals surface area (Å²) in [6, 6.07) is 2.47. The summed E-state index contributed by atoms with van der Waals surface area (Å²) in [5.41, 5.74) is 0.0937. The zero-order valence-electron chi connectivity index (χ0n) is 9.97. The molecule has 1 atom stereocenters. The molecule has 0 radical (unpaired) electrons. The van der Waals surface area contributed by atoms with Crippen molar-refractivity contribution >= 4 is 0 Å². The van der Waals surface area contributed by atoms with Crippen LogP contribution in [0.1, 0.15) is 46.0 Å². The van der Waals surface area contributed by atoms with Crippen molar-refractivity contribution < 1.29 is 0 Å². The third-order valence-corrected chi connectivity index (χ3v) is 3.48. The monoisotopic (exact) mass is 206 g/mol. The van der Waals surface area contributed by atoms with Gasteiger partial charge < -0.3 is 0 Å². The van der Waals surface area contributed by atoms with E-state index in [0.29, 0.717) is 5.41 Å². The summed E-state index contributed by atoms with van der Waals surface area (Å²) in [5.74, 6) is 0. The predicted molar refractivity (Wildman–Crippen MR) is 63.4 cm³/mol. The lowest BCUT2D eigenvalue weighted by molar-refractivity contribution is 0.300. The Bertz CT molecular complexity index is 262. The molecular weight excluding hydrogens is 184 g/mol. The van der Waals surface area contributed by atoms with E-state index >= 15 is 0 Å². The van der Waals surface area contributed by atoms with Crippen LogP contribution in [0.15, 0.2) is 12.7 Å². The summed E-state index contributed by atoms with van der Waals surface area (Å²) in [5, 5.41) is 12.6. The van der Waals surface area contributed by atoms with Crippen LogP contribution in [0, 0.1) is 16.7 Å². The average molecular weight is 206 g/mol. The summed E-state index contributed by atoms with van der Waals surface area (Å²) in [6.45, 7) is 9.02. The molecule has 15 heavy (non-hydrogen) atoms. The molecule has 84 valence electrons. The Kier molecular flexibility index (Phi) is 3.93. The molecule has 1 aliphatic carbocycles. The largest absolute Gasteiger partial charge is 0.296 e. The summed E-state index contributed by atoms with van der Waals surface area (Å²) in [4.78, 5) is 0. The van der Waals surface area contributed by atoms with E-state index in [2.05, 4.69) is 31.8 Å². The van der Waals surface area contributed by atoms with Gasteiger partial charge in [0.2, 0.25) is 0 Å². The minimum Gasteiger partial charge on any atom is -0.296 e. The molecule has 0 aromatic heterocycles. The van der Waals surface area contributed by atoms with Gasteiger partial charge >= 0.3 is 0 Å². The lowest BCUT2D eigenvalue weighted by atomic mass is 9.84. The third kappa shape index (κ3) is 3.35. The van der Waals surface area contributed by atoms with Gasteiger partial charge in [-0.05, 0) is 31.1 Å². The van der Waals surface area contributed by atoms with Gasteiger partial charge in [0, 0.05) is 6.54 Å². The van der Waals surface area contributed by atoms with Crippen molar-refractivity contribution in [2.24, 2.45) is 5.41 Å². The first-order valence-electron chi connectivity index (χ1n) is 5.81. The lowest BCUT2D eigenvalue weighted by Gasteiger charge is -2.27. The SMILES string of the molecule is C=CCNC1(C#N)CCCC(C)(C)CC1. The molecule has 2 nitrogen and oxygen atoms in total. The van der Waals surface area contributed by atoms with Crippen LogP contribution < -0.4 is 5.32 Å². The maximum Gasteiger partial charge on any atom is 0.107 e. The Hall–Kier alpha value is -0.810. The van der Waals surface area contributed by atoms with Crippen LogP contribution in [0.5, 0.6) is 0 Å². The summed E-state index contributed by atoms with van der Waals surface area (Å²) in [7, 11) is 0. The van der Waals surface area contributed by atoms with E-state index in [0.717, 1.165) is 32.2 Å². The highest BCUT2D eigenvalue weighted by Gasteiger charge is 2.34. The number of rotatable bonds is 3. The fraction of sp³-hybridized carbons (Fsp3) is 0.769. The van der Waals surface area contributed by atoms with Crippen molar-refractivity contribution in [1.29, 1.82) is 5.26 Å². The fourth-order valence-corrected chi connectivity index (χ4v) is 2.27. The first kappa shape index (κ1) is 12.3. The van der Waals surface area contributed by atoms with Crippen LogP contribution >= 0.6 is 0 Å². The molecule has 0 aromatic rings. The molecule has 1 rings (SSSR count). The van der Waals surface area contributed by atoms with Gasteiger partial charge in [-0.2, -0.15) is 5.26 Å². The quantitative estimate of drug-likeness (QED) is 0.569. The van der Waals surface area contributed by atoms with Crippen LogP contribution in [-0.4, -0.2) is 12.1 Å². The maximum atomic E-state index is 9.32. The second-order valence-corrected chi connectivity index (χ2v) is 5.38. The van der Waals surface area contributed by atoms with Crippen molar-refractivity contribution in [3.8, 4) is 6.07 Å². The first-order chi connectivity index (χ1) is 7.04. The van der Waals surface area contributed by atoms with Crippen LogP contribution in [-0.2, 0) is 0 Å². The van der Waals surface area contributed by atoms with Gasteiger partial charge in [-0.3, -0.25) is 5.32 Å². The molecule has 0 aliphatic heterocycles. The molecule has 1 N–H and O–H groups in total. The van der Waals surface area contributed by atoms with Gasteiger partial charge in [0.25, 0.3) is 0 Å². The number of hydrogen-bond acceptors (Lipinski definition) is 2.